The lowest BCUT2D eigenvalue weighted by Gasteiger charge is -2.32. The lowest BCUT2D eigenvalue weighted by atomic mass is 10.0. The molecule has 9 heteroatoms. The number of aliphatic hydroxyl groups is 1. The molecule has 9 nitrogen and oxygen atoms in total. The minimum atomic E-state index is -1.47. The first-order valence-electron chi connectivity index (χ1n) is 9.69. The number of hydrogen-bond donors (Lipinski definition) is 4. The summed E-state index contributed by atoms with van der Waals surface area (Å²) in [5.74, 6) is -1.81. The van der Waals surface area contributed by atoms with E-state index in [2.05, 4.69) is 16.7 Å². The maximum absolute atomic E-state index is 13.1. The maximum Gasteiger partial charge on any atom is 0.408 e. The van der Waals surface area contributed by atoms with Crippen LogP contribution in [0, 0.1) is 12.5 Å². The highest BCUT2D eigenvalue weighted by molar-refractivity contribution is 5.93. The van der Waals surface area contributed by atoms with Crippen molar-refractivity contribution in [2.75, 3.05) is 6.61 Å². The molecular weight excluding hydrogens is 402 g/mol. The fraction of sp³-hybridized carbons (Fsp3) is 0.500. The number of nitrogens with one attached hydrogen (secondary N) is 2. The molecule has 170 valence electrons. The van der Waals surface area contributed by atoms with Crippen LogP contribution < -0.4 is 10.6 Å². The Hall–Kier alpha value is -3.25. The Kier molecular flexibility index (Phi) is 8.46. The lowest BCUT2D eigenvalue weighted by molar-refractivity contribution is -0.139. The molecule has 0 fully saturated rings. The van der Waals surface area contributed by atoms with Gasteiger partial charge in [-0.05, 0) is 47.6 Å². The van der Waals surface area contributed by atoms with Crippen molar-refractivity contribution >= 4 is 17.9 Å². The number of alkyl carbamates (subject to hydrolysis) is 1. The van der Waals surface area contributed by atoms with Gasteiger partial charge in [0.15, 0.2) is 6.04 Å². The number of ether oxygens (including phenoxy) is 1. The Morgan fingerprint density at radius 1 is 1.16 bits per heavy atom. The first-order valence-corrected chi connectivity index (χ1v) is 9.69. The van der Waals surface area contributed by atoms with Gasteiger partial charge in [0, 0.05) is 17.1 Å². The van der Waals surface area contributed by atoms with Gasteiger partial charge in [0.2, 0.25) is 5.91 Å². The monoisotopic (exact) mass is 433 g/mol. The fourth-order valence-corrected chi connectivity index (χ4v) is 2.62. The van der Waals surface area contributed by atoms with Crippen LogP contribution in [0.3, 0.4) is 0 Å². The summed E-state index contributed by atoms with van der Waals surface area (Å²) in [7, 11) is 0. The molecule has 0 bridgehead atoms. The Labute approximate surface area is 182 Å². The van der Waals surface area contributed by atoms with Crippen LogP contribution in [0.1, 0.15) is 53.1 Å². The van der Waals surface area contributed by atoms with Crippen LogP contribution in [-0.2, 0) is 14.3 Å². The maximum atomic E-state index is 13.1. The molecule has 0 saturated carbocycles. The van der Waals surface area contributed by atoms with Gasteiger partial charge < -0.3 is 25.6 Å². The summed E-state index contributed by atoms with van der Waals surface area (Å²) in [4.78, 5) is 38.9. The number of phenols is 1. The summed E-state index contributed by atoms with van der Waals surface area (Å²) in [6.45, 7) is 9.37. The van der Waals surface area contributed by atoms with Gasteiger partial charge >= 0.3 is 6.09 Å². The number of phenolic OH excluding ortho intramolecular Hbond substituents is 1. The predicted molar refractivity (Wildman–Crippen MR) is 115 cm³/mol. The molecule has 3 amide bonds. The number of carbonyl (C=O) groups is 3. The molecular formula is C22H31N3O6. The van der Waals surface area contributed by atoms with Crippen molar-refractivity contribution in [1.82, 2.24) is 15.5 Å². The zero-order valence-electron chi connectivity index (χ0n) is 18.7. The molecule has 0 aliphatic heterocycles. The first-order chi connectivity index (χ1) is 14.2. The van der Waals surface area contributed by atoms with Crippen molar-refractivity contribution in [1.29, 1.82) is 0 Å². The van der Waals surface area contributed by atoms with Gasteiger partial charge in [-0.25, -0.2) is 4.79 Å². The highest BCUT2D eigenvalue weighted by Gasteiger charge is 2.37. The molecule has 31 heavy (non-hydrogen) atoms. The second-order valence-electron chi connectivity index (χ2n) is 8.92. The second kappa shape index (κ2) is 10.2. The van der Waals surface area contributed by atoms with E-state index in [0.29, 0.717) is 0 Å². The zero-order chi connectivity index (χ0) is 24.0. The number of rotatable bonds is 6. The summed E-state index contributed by atoms with van der Waals surface area (Å²) in [5.41, 5.74) is -1.40. The molecule has 0 aliphatic carbocycles. The van der Waals surface area contributed by atoms with Gasteiger partial charge in [-0.3, -0.25) is 14.5 Å². The molecule has 2 atom stereocenters. The Morgan fingerprint density at radius 3 is 2.19 bits per heavy atom. The molecule has 0 aromatic heterocycles. The van der Waals surface area contributed by atoms with Crippen LogP contribution in [0.4, 0.5) is 4.79 Å². The third-order valence-electron chi connectivity index (χ3n) is 3.78. The van der Waals surface area contributed by atoms with E-state index in [1.807, 2.05) is 0 Å². The van der Waals surface area contributed by atoms with Crippen LogP contribution in [0.2, 0.25) is 0 Å². The van der Waals surface area contributed by atoms with E-state index >= 15 is 0 Å². The van der Waals surface area contributed by atoms with Crippen molar-refractivity contribution in [3.63, 3.8) is 0 Å². The Bertz CT molecular complexity index is 848. The number of amides is 3. The molecule has 0 saturated heterocycles. The summed E-state index contributed by atoms with van der Waals surface area (Å²) in [6, 6.07) is 5.20. The quantitative estimate of drug-likeness (QED) is 0.399. The molecule has 4 N–H and O–H groups in total. The number of terminal acetylenes is 1. The highest BCUT2D eigenvalue weighted by atomic mass is 16.6. The molecule has 0 radical (unpaired) electrons. The van der Waals surface area contributed by atoms with Crippen LogP contribution in [0.5, 0.6) is 5.75 Å². The van der Waals surface area contributed by atoms with E-state index in [4.69, 9.17) is 11.2 Å². The molecule has 0 heterocycles. The number of aromatic hydroxyl groups is 1. The van der Waals surface area contributed by atoms with E-state index < -0.39 is 47.7 Å². The average molecular weight is 434 g/mol. The van der Waals surface area contributed by atoms with E-state index in [1.165, 1.54) is 12.1 Å². The van der Waals surface area contributed by atoms with E-state index in [0.717, 1.165) is 4.90 Å². The summed E-state index contributed by atoms with van der Waals surface area (Å²) in [6.07, 6.45) is 4.62. The van der Waals surface area contributed by atoms with Gasteiger partial charge in [0.1, 0.15) is 17.4 Å². The van der Waals surface area contributed by atoms with Crippen molar-refractivity contribution in [2.45, 2.75) is 64.8 Å². The molecule has 1 aromatic carbocycles. The zero-order valence-corrected chi connectivity index (χ0v) is 18.7. The standard InChI is InChI=1S/C22H31N3O6/c1-8-25(19(29)15(13-26)23-20(30)31-22(5,6)7)17(18(28)24-21(2,3)4)14-11-9-10-12-16(14)27/h1,9-12,15,17,26-27H,13H2,2-7H3,(H,23,30)(H,24,28). The van der Waals surface area contributed by atoms with Crippen LogP contribution in [0.15, 0.2) is 24.3 Å². The topological polar surface area (TPSA) is 128 Å². The number of aliphatic hydroxyl groups excluding tert-OH is 1. The number of para-hydroxylation sites is 1. The minimum absolute atomic E-state index is 0.0875. The SMILES string of the molecule is C#CN(C(=O)C(CO)NC(=O)OC(C)(C)C)C(C(=O)NC(C)(C)C)c1ccccc1O. The number of carbonyl (C=O) groups excluding carboxylic acids is 3. The van der Waals surface area contributed by atoms with Crippen LogP contribution in [0.25, 0.3) is 0 Å². The van der Waals surface area contributed by atoms with Gasteiger partial charge in [-0.2, -0.15) is 0 Å². The highest BCUT2D eigenvalue weighted by Crippen LogP contribution is 2.29. The summed E-state index contributed by atoms with van der Waals surface area (Å²) < 4.78 is 5.11. The van der Waals surface area contributed by atoms with Gasteiger partial charge in [0.25, 0.3) is 5.91 Å². The van der Waals surface area contributed by atoms with Crippen molar-refractivity contribution < 1.29 is 29.3 Å². The van der Waals surface area contributed by atoms with Crippen LogP contribution in [-0.4, -0.2) is 56.8 Å². The van der Waals surface area contributed by atoms with Gasteiger partial charge in [-0.15, -0.1) is 0 Å². The largest absolute Gasteiger partial charge is 0.508 e. The van der Waals surface area contributed by atoms with Crippen molar-refractivity contribution in [3.05, 3.63) is 29.8 Å². The van der Waals surface area contributed by atoms with E-state index in [1.54, 1.807) is 53.7 Å². The third kappa shape index (κ3) is 7.83. The molecule has 0 spiro atoms. The smallest absolute Gasteiger partial charge is 0.408 e. The fourth-order valence-electron chi connectivity index (χ4n) is 2.62. The van der Waals surface area contributed by atoms with E-state index in [9.17, 15) is 24.6 Å². The van der Waals surface area contributed by atoms with Crippen molar-refractivity contribution in [3.8, 4) is 18.2 Å². The molecule has 1 aromatic rings. The first kappa shape index (κ1) is 25.8. The minimum Gasteiger partial charge on any atom is -0.508 e. The summed E-state index contributed by atoms with van der Waals surface area (Å²) >= 11 is 0. The number of benzene rings is 1. The molecule has 0 aliphatic rings. The Balaban J connectivity index is 3.32. The second-order valence-corrected chi connectivity index (χ2v) is 8.92. The number of hydrogen-bond acceptors (Lipinski definition) is 6. The van der Waals surface area contributed by atoms with E-state index in [-0.39, 0.29) is 11.3 Å². The molecule has 1 rings (SSSR count). The van der Waals surface area contributed by atoms with Gasteiger partial charge in [-0.1, -0.05) is 24.6 Å². The lowest BCUT2D eigenvalue weighted by Crippen LogP contribution is -2.54. The van der Waals surface area contributed by atoms with Crippen molar-refractivity contribution in [2.24, 2.45) is 0 Å². The Morgan fingerprint density at radius 2 is 1.74 bits per heavy atom. The van der Waals surface area contributed by atoms with Crippen LogP contribution >= 0.6 is 0 Å². The molecule has 2 unspecified atom stereocenters. The van der Waals surface area contributed by atoms with Gasteiger partial charge in [0.05, 0.1) is 6.61 Å². The normalized spacial score (nSPS) is 13.4. The number of nitrogens with zero attached hydrogens (tertiary/aromatic N) is 1. The summed E-state index contributed by atoms with van der Waals surface area (Å²) in [5, 5.41) is 25.0. The third-order valence-corrected chi connectivity index (χ3v) is 3.78. The predicted octanol–water partition coefficient (Wildman–Crippen LogP) is 1.65. The average Bonchev–Trinajstić information content (AvgIpc) is 2.61.